The van der Waals surface area contributed by atoms with E-state index in [1.807, 2.05) is 47.3 Å². The van der Waals surface area contributed by atoms with Crippen LogP contribution in [0.25, 0.3) is 33.0 Å². The number of carboxylic acid groups (broad SMARTS) is 1. The van der Waals surface area contributed by atoms with Gasteiger partial charge >= 0.3 is 6.09 Å². The molecule has 186 valence electrons. The number of nitrogens with zero attached hydrogens (tertiary/aromatic N) is 3. The molecule has 2 aromatic heterocycles. The van der Waals surface area contributed by atoms with Gasteiger partial charge in [-0.2, -0.15) is 0 Å². The van der Waals surface area contributed by atoms with Gasteiger partial charge in [-0.1, -0.05) is 36.4 Å². The predicted molar refractivity (Wildman–Crippen MR) is 140 cm³/mol. The molecule has 0 fully saturated rings. The van der Waals surface area contributed by atoms with Gasteiger partial charge in [0.05, 0.1) is 28.7 Å². The number of rotatable bonds is 2. The Hall–Kier alpha value is -4.33. The smallest absolute Gasteiger partial charge is 0.407 e. The van der Waals surface area contributed by atoms with Crippen molar-refractivity contribution < 1.29 is 19.5 Å². The maximum atomic E-state index is 13.4. The molecule has 2 aromatic carbocycles. The molecular formula is C29H26N4O4. The number of amides is 3. The zero-order valence-electron chi connectivity index (χ0n) is 20.7. The highest BCUT2D eigenvalue weighted by Crippen LogP contribution is 2.43. The number of hydrogen-bond donors (Lipinski definition) is 2. The highest BCUT2D eigenvalue weighted by Gasteiger charge is 2.38. The van der Waals surface area contributed by atoms with E-state index in [0.717, 1.165) is 45.8 Å². The number of hydrogen-bond acceptors (Lipinski definition) is 3. The van der Waals surface area contributed by atoms with Crippen LogP contribution in [0, 0.1) is 0 Å². The molecule has 3 aliphatic heterocycles. The maximum absolute atomic E-state index is 13.4. The highest BCUT2D eigenvalue weighted by atomic mass is 16.4. The molecule has 8 nitrogen and oxygen atoms in total. The fourth-order valence-corrected chi connectivity index (χ4v) is 6.38. The summed E-state index contributed by atoms with van der Waals surface area (Å²) in [6.07, 6.45) is 4.95. The van der Waals surface area contributed by atoms with Gasteiger partial charge in [-0.15, -0.1) is 0 Å². The standard InChI is InChI=1S/C29H26N4O4/c1-29(2)10-9-16-5-3-8-19-21(15-33(29)25(16)19)23-22(26(34)30-27(23)35)20-14-31-11-12-32(28(36)37)13-17-6-4-7-18(20)24(17)31/h3-8,14-15H,9-13H2,1-2H3,(H,36,37)(H,30,34,35). The number of aromatic nitrogens is 2. The van der Waals surface area contributed by atoms with Gasteiger partial charge < -0.3 is 19.1 Å². The minimum Gasteiger partial charge on any atom is -0.465 e. The fraction of sp³-hybridized carbons (Fsp3) is 0.276. The largest absolute Gasteiger partial charge is 0.465 e. The molecular weight excluding hydrogens is 468 g/mol. The highest BCUT2D eigenvalue weighted by molar-refractivity contribution is 6.50. The van der Waals surface area contributed by atoms with Crippen LogP contribution in [0.1, 0.15) is 42.5 Å². The first-order valence-electron chi connectivity index (χ1n) is 12.6. The molecule has 0 radical (unpaired) electrons. The molecule has 2 N–H and O–H groups in total. The summed E-state index contributed by atoms with van der Waals surface area (Å²) in [7, 11) is 0. The summed E-state index contributed by atoms with van der Waals surface area (Å²) in [5, 5.41) is 14.0. The molecule has 7 rings (SSSR count). The van der Waals surface area contributed by atoms with Crippen molar-refractivity contribution in [3.05, 3.63) is 71.0 Å². The molecule has 37 heavy (non-hydrogen) atoms. The average Bonchev–Trinajstić information content (AvgIpc) is 3.46. The third-order valence-electron chi connectivity index (χ3n) is 8.26. The Morgan fingerprint density at radius 2 is 1.54 bits per heavy atom. The predicted octanol–water partition coefficient (Wildman–Crippen LogP) is 4.34. The van der Waals surface area contributed by atoms with Gasteiger partial charge in [0.25, 0.3) is 11.8 Å². The molecule has 5 heterocycles. The molecule has 8 heteroatoms. The van der Waals surface area contributed by atoms with Gasteiger partial charge in [0.2, 0.25) is 0 Å². The molecule has 0 saturated heterocycles. The minimum absolute atomic E-state index is 0.109. The van der Waals surface area contributed by atoms with Crippen LogP contribution in [0.3, 0.4) is 0 Å². The van der Waals surface area contributed by atoms with E-state index in [4.69, 9.17) is 0 Å². The lowest BCUT2D eigenvalue weighted by Gasteiger charge is -2.33. The first-order valence-corrected chi connectivity index (χ1v) is 12.6. The summed E-state index contributed by atoms with van der Waals surface area (Å²) in [5.41, 5.74) is 6.30. The van der Waals surface area contributed by atoms with Crippen LogP contribution in [0.15, 0.2) is 48.8 Å². The monoisotopic (exact) mass is 494 g/mol. The van der Waals surface area contributed by atoms with Crippen LogP contribution in [0.4, 0.5) is 4.79 Å². The van der Waals surface area contributed by atoms with Gasteiger partial charge in [-0.05, 0) is 37.8 Å². The van der Waals surface area contributed by atoms with Gasteiger partial charge in [0.1, 0.15) is 0 Å². The summed E-state index contributed by atoms with van der Waals surface area (Å²) in [6.45, 7) is 5.49. The summed E-state index contributed by atoms with van der Waals surface area (Å²) < 4.78 is 4.28. The first-order chi connectivity index (χ1) is 17.7. The number of carbonyl (C=O) groups is 3. The molecule has 0 bridgehead atoms. The Balaban J connectivity index is 1.50. The molecule has 0 spiro atoms. The van der Waals surface area contributed by atoms with E-state index in [-0.39, 0.29) is 18.0 Å². The van der Waals surface area contributed by atoms with Gasteiger partial charge in [0.15, 0.2) is 0 Å². The summed E-state index contributed by atoms with van der Waals surface area (Å²) in [6, 6.07) is 12.0. The second-order valence-corrected chi connectivity index (χ2v) is 10.8. The van der Waals surface area contributed by atoms with Crippen LogP contribution in [-0.4, -0.2) is 43.6 Å². The first kappa shape index (κ1) is 21.9. The van der Waals surface area contributed by atoms with E-state index in [0.29, 0.717) is 29.8 Å². The SMILES string of the molecule is CC1(C)CCc2cccc3c(C4=C(c5cn6c7c(cccc57)CN(C(=O)O)CC6)C(=O)NC4=O)cn1c23. The van der Waals surface area contributed by atoms with Gasteiger partial charge in [0, 0.05) is 52.9 Å². The topological polar surface area (TPSA) is 96.6 Å². The number of imide groups is 1. The number of carbonyl (C=O) groups excluding carboxylic acids is 2. The van der Waals surface area contributed by atoms with Crippen LogP contribution in [-0.2, 0) is 34.6 Å². The van der Waals surface area contributed by atoms with E-state index >= 15 is 0 Å². The Morgan fingerprint density at radius 1 is 0.892 bits per heavy atom. The molecule has 0 unspecified atom stereocenters. The Bertz CT molecular complexity index is 1740. The minimum atomic E-state index is -0.954. The maximum Gasteiger partial charge on any atom is 0.407 e. The number of nitrogens with one attached hydrogen (secondary N) is 1. The van der Waals surface area contributed by atoms with Crippen LogP contribution >= 0.6 is 0 Å². The normalized spacial score (nSPS) is 18.6. The fourth-order valence-electron chi connectivity index (χ4n) is 6.38. The number of para-hydroxylation sites is 2. The van der Waals surface area contributed by atoms with Crippen molar-refractivity contribution in [2.45, 2.75) is 45.3 Å². The second-order valence-electron chi connectivity index (χ2n) is 10.8. The van der Waals surface area contributed by atoms with Crippen molar-refractivity contribution in [1.82, 2.24) is 19.4 Å². The summed E-state index contributed by atoms with van der Waals surface area (Å²) >= 11 is 0. The summed E-state index contributed by atoms with van der Waals surface area (Å²) in [5.74, 6) is -0.789. The Labute approximate surface area is 212 Å². The van der Waals surface area contributed by atoms with E-state index in [2.05, 4.69) is 29.8 Å². The molecule has 3 aliphatic rings. The van der Waals surface area contributed by atoms with Crippen LogP contribution in [0.2, 0.25) is 0 Å². The number of aryl methyl sites for hydroxylation is 1. The van der Waals surface area contributed by atoms with E-state index in [1.54, 1.807) is 0 Å². The average molecular weight is 495 g/mol. The lowest BCUT2D eigenvalue weighted by Crippen LogP contribution is -2.30. The number of benzene rings is 2. The Morgan fingerprint density at radius 3 is 2.24 bits per heavy atom. The van der Waals surface area contributed by atoms with Crippen molar-refractivity contribution in [3.63, 3.8) is 0 Å². The van der Waals surface area contributed by atoms with Crippen molar-refractivity contribution in [3.8, 4) is 0 Å². The van der Waals surface area contributed by atoms with Gasteiger partial charge in [-0.3, -0.25) is 14.9 Å². The second kappa shape index (κ2) is 7.35. The zero-order valence-corrected chi connectivity index (χ0v) is 20.7. The third kappa shape index (κ3) is 2.98. The van der Waals surface area contributed by atoms with E-state index in [1.165, 1.54) is 10.5 Å². The molecule has 0 saturated carbocycles. The van der Waals surface area contributed by atoms with Gasteiger partial charge in [-0.25, -0.2) is 4.79 Å². The molecule has 0 atom stereocenters. The van der Waals surface area contributed by atoms with Crippen molar-refractivity contribution in [2.24, 2.45) is 0 Å². The Kier molecular flexibility index (Phi) is 4.35. The third-order valence-corrected chi connectivity index (χ3v) is 8.26. The van der Waals surface area contributed by atoms with E-state index < -0.39 is 12.0 Å². The van der Waals surface area contributed by atoms with Crippen molar-refractivity contribution in [1.29, 1.82) is 0 Å². The van der Waals surface area contributed by atoms with Crippen LogP contribution in [0.5, 0.6) is 0 Å². The van der Waals surface area contributed by atoms with Crippen LogP contribution < -0.4 is 5.32 Å². The quantitative estimate of drug-likeness (QED) is 0.405. The summed E-state index contributed by atoms with van der Waals surface area (Å²) in [4.78, 5) is 39.8. The van der Waals surface area contributed by atoms with E-state index in [9.17, 15) is 19.5 Å². The molecule has 4 aromatic rings. The lowest BCUT2D eigenvalue weighted by atomic mass is 9.90. The molecule has 3 amide bonds. The molecule has 0 aliphatic carbocycles. The zero-order chi connectivity index (χ0) is 25.6. The van der Waals surface area contributed by atoms with Crippen molar-refractivity contribution >= 4 is 50.9 Å². The lowest BCUT2D eigenvalue weighted by molar-refractivity contribution is -0.122. The van der Waals surface area contributed by atoms with Crippen molar-refractivity contribution in [2.75, 3.05) is 6.54 Å².